The molecule has 0 radical (unpaired) electrons. The van der Waals surface area contributed by atoms with E-state index in [1.165, 1.54) is 25.7 Å². The lowest BCUT2D eigenvalue weighted by Crippen LogP contribution is -2.59. The summed E-state index contributed by atoms with van der Waals surface area (Å²) >= 11 is 0. The van der Waals surface area contributed by atoms with Gasteiger partial charge in [-0.1, -0.05) is 0 Å². The molecular weight excluding hydrogens is 218 g/mol. The molecule has 2 saturated carbocycles. The van der Waals surface area contributed by atoms with Gasteiger partial charge >= 0.3 is 5.97 Å². The van der Waals surface area contributed by atoms with E-state index in [0.29, 0.717) is 32.1 Å². The fourth-order valence-electron chi connectivity index (χ4n) is 2.99. The first kappa shape index (κ1) is 11.5. The van der Waals surface area contributed by atoms with Crippen LogP contribution < -0.4 is 5.32 Å². The van der Waals surface area contributed by atoms with Gasteiger partial charge in [0.1, 0.15) is 5.54 Å². The van der Waals surface area contributed by atoms with Gasteiger partial charge in [-0.15, -0.1) is 0 Å². The van der Waals surface area contributed by atoms with Crippen molar-refractivity contribution in [3.8, 4) is 0 Å². The van der Waals surface area contributed by atoms with Crippen molar-refractivity contribution in [3.05, 3.63) is 0 Å². The number of aliphatic carboxylic acids is 1. The maximum absolute atomic E-state index is 11.6. The molecule has 0 unspecified atom stereocenters. The molecule has 1 heterocycles. The fourth-order valence-corrected chi connectivity index (χ4v) is 2.99. The van der Waals surface area contributed by atoms with Crippen LogP contribution in [0.15, 0.2) is 0 Å². The van der Waals surface area contributed by atoms with Gasteiger partial charge in [0.15, 0.2) is 0 Å². The van der Waals surface area contributed by atoms with E-state index in [4.69, 9.17) is 4.74 Å². The summed E-state index contributed by atoms with van der Waals surface area (Å²) < 4.78 is 5.31. The Balaban J connectivity index is 1.71. The second-order valence-electron chi connectivity index (χ2n) is 5.84. The molecule has 0 atom stereocenters. The molecule has 1 saturated heterocycles. The third-order valence-corrected chi connectivity index (χ3v) is 4.46. The third-order valence-electron chi connectivity index (χ3n) is 4.46. The average Bonchev–Trinajstić information content (AvgIpc) is 3.17. The van der Waals surface area contributed by atoms with Crippen LogP contribution in [0.25, 0.3) is 0 Å². The summed E-state index contributed by atoms with van der Waals surface area (Å²) in [5.74, 6) is 0.787. The van der Waals surface area contributed by atoms with E-state index in [1.54, 1.807) is 0 Å². The fraction of sp³-hybridized carbons (Fsp3) is 0.923. The van der Waals surface area contributed by atoms with Crippen LogP contribution in [0.1, 0.15) is 38.5 Å². The Labute approximate surface area is 102 Å². The van der Waals surface area contributed by atoms with Crippen LogP contribution >= 0.6 is 0 Å². The molecule has 3 aliphatic rings. The van der Waals surface area contributed by atoms with Gasteiger partial charge in [-0.05, 0) is 50.4 Å². The number of nitrogens with one attached hydrogen (secondary N) is 1. The lowest BCUT2D eigenvalue weighted by atomic mass is 9.88. The third kappa shape index (κ3) is 2.33. The van der Waals surface area contributed by atoms with Crippen molar-refractivity contribution in [2.75, 3.05) is 13.2 Å². The number of ether oxygens (including phenoxy) is 1. The van der Waals surface area contributed by atoms with Crippen LogP contribution in [0.3, 0.4) is 0 Å². The van der Waals surface area contributed by atoms with E-state index in [-0.39, 0.29) is 0 Å². The minimum atomic E-state index is -0.714. The van der Waals surface area contributed by atoms with E-state index in [2.05, 4.69) is 5.32 Å². The van der Waals surface area contributed by atoms with Crippen LogP contribution in [0.2, 0.25) is 0 Å². The summed E-state index contributed by atoms with van der Waals surface area (Å²) in [6.45, 7) is 1.14. The van der Waals surface area contributed by atoms with Gasteiger partial charge < -0.3 is 9.84 Å². The Bertz CT molecular complexity index is 292. The zero-order valence-corrected chi connectivity index (χ0v) is 10.2. The van der Waals surface area contributed by atoms with Crippen LogP contribution in [-0.2, 0) is 9.53 Å². The van der Waals surface area contributed by atoms with Gasteiger partial charge in [0.05, 0.1) is 0 Å². The van der Waals surface area contributed by atoms with Crippen molar-refractivity contribution in [1.82, 2.24) is 5.32 Å². The molecule has 0 amide bonds. The molecule has 0 spiro atoms. The van der Waals surface area contributed by atoms with Gasteiger partial charge in [-0.3, -0.25) is 10.1 Å². The first-order valence-corrected chi connectivity index (χ1v) is 6.80. The highest BCUT2D eigenvalue weighted by molar-refractivity contribution is 5.79. The number of carboxylic acid groups (broad SMARTS) is 1. The van der Waals surface area contributed by atoms with Crippen LogP contribution in [0.4, 0.5) is 0 Å². The van der Waals surface area contributed by atoms with E-state index < -0.39 is 11.5 Å². The normalized spacial score (nSPS) is 28.3. The van der Waals surface area contributed by atoms with Crippen molar-refractivity contribution >= 4 is 5.97 Å². The first-order chi connectivity index (χ1) is 8.21. The summed E-state index contributed by atoms with van der Waals surface area (Å²) in [4.78, 5) is 11.6. The number of rotatable bonds is 5. The van der Waals surface area contributed by atoms with Crippen LogP contribution in [0, 0.1) is 11.8 Å². The van der Waals surface area contributed by atoms with E-state index in [1.807, 2.05) is 0 Å². The highest BCUT2D eigenvalue weighted by Gasteiger charge is 2.48. The molecule has 3 rings (SSSR count). The van der Waals surface area contributed by atoms with Gasteiger partial charge in [-0.2, -0.15) is 0 Å². The highest BCUT2D eigenvalue weighted by atomic mass is 16.5. The van der Waals surface area contributed by atoms with Crippen molar-refractivity contribution < 1.29 is 14.6 Å². The molecule has 3 fully saturated rings. The lowest BCUT2D eigenvalue weighted by molar-refractivity contribution is -0.150. The Hall–Kier alpha value is -0.610. The molecule has 4 nitrogen and oxygen atoms in total. The van der Waals surface area contributed by atoms with Crippen LogP contribution in [-0.4, -0.2) is 35.9 Å². The standard InChI is InChI=1S/C13H21NO3/c15-12(16)13(5-7-17-8-6-13)14-11(9-1-2-9)10-3-4-10/h9-11,14H,1-8H2,(H,15,16). The Kier molecular flexibility index (Phi) is 2.87. The Morgan fingerprint density at radius 1 is 1.18 bits per heavy atom. The molecule has 17 heavy (non-hydrogen) atoms. The molecular formula is C13H21NO3. The van der Waals surface area contributed by atoms with E-state index in [9.17, 15) is 9.90 Å². The molecule has 96 valence electrons. The first-order valence-electron chi connectivity index (χ1n) is 6.80. The number of carbonyl (C=O) groups is 1. The average molecular weight is 239 g/mol. The smallest absolute Gasteiger partial charge is 0.324 e. The highest BCUT2D eigenvalue weighted by Crippen LogP contribution is 2.45. The number of hydrogen-bond acceptors (Lipinski definition) is 3. The predicted octanol–water partition coefficient (Wildman–Crippen LogP) is 1.40. The number of carboxylic acids is 1. The van der Waals surface area contributed by atoms with Gasteiger partial charge in [0.25, 0.3) is 0 Å². The summed E-state index contributed by atoms with van der Waals surface area (Å²) in [5, 5.41) is 13.0. The quantitative estimate of drug-likeness (QED) is 0.761. The monoisotopic (exact) mass is 239 g/mol. The summed E-state index contributed by atoms with van der Waals surface area (Å²) in [7, 11) is 0. The van der Waals surface area contributed by atoms with Crippen LogP contribution in [0.5, 0.6) is 0 Å². The van der Waals surface area contributed by atoms with Crippen molar-refractivity contribution in [1.29, 1.82) is 0 Å². The molecule has 0 bridgehead atoms. The van der Waals surface area contributed by atoms with Gasteiger partial charge in [0, 0.05) is 19.3 Å². The molecule has 0 aromatic carbocycles. The minimum absolute atomic E-state index is 0.448. The van der Waals surface area contributed by atoms with Crippen molar-refractivity contribution in [3.63, 3.8) is 0 Å². The van der Waals surface area contributed by atoms with Crippen molar-refractivity contribution in [2.24, 2.45) is 11.8 Å². The molecule has 2 aliphatic carbocycles. The molecule has 0 aromatic rings. The van der Waals surface area contributed by atoms with E-state index >= 15 is 0 Å². The molecule has 4 heteroatoms. The Morgan fingerprint density at radius 2 is 1.71 bits per heavy atom. The maximum atomic E-state index is 11.6. The second-order valence-corrected chi connectivity index (χ2v) is 5.84. The zero-order chi connectivity index (χ0) is 11.9. The lowest BCUT2D eigenvalue weighted by Gasteiger charge is -2.37. The summed E-state index contributed by atoms with van der Waals surface area (Å²) in [5.41, 5.74) is -0.714. The molecule has 2 N–H and O–H groups in total. The maximum Gasteiger partial charge on any atom is 0.324 e. The largest absolute Gasteiger partial charge is 0.480 e. The Morgan fingerprint density at radius 3 is 2.12 bits per heavy atom. The topological polar surface area (TPSA) is 58.6 Å². The summed E-state index contributed by atoms with van der Waals surface area (Å²) in [6, 6.07) is 0.448. The van der Waals surface area contributed by atoms with Gasteiger partial charge in [-0.25, -0.2) is 0 Å². The zero-order valence-electron chi connectivity index (χ0n) is 10.2. The summed E-state index contributed by atoms with van der Waals surface area (Å²) in [6.07, 6.45) is 6.33. The minimum Gasteiger partial charge on any atom is -0.480 e. The molecule has 1 aliphatic heterocycles. The van der Waals surface area contributed by atoms with E-state index in [0.717, 1.165) is 11.8 Å². The van der Waals surface area contributed by atoms with Gasteiger partial charge in [0.2, 0.25) is 0 Å². The second kappa shape index (κ2) is 4.25. The number of hydrogen-bond donors (Lipinski definition) is 2. The predicted molar refractivity (Wildman–Crippen MR) is 62.8 cm³/mol. The van der Waals surface area contributed by atoms with Crippen molar-refractivity contribution in [2.45, 2.75) is 50.1 Å². The SMILES string of the molecule is O=C(O)C1(NC(C2CC2)C2CC2)CCOCC1. The molecule has 0 aromatic heterocycles.